The van der Waals surface area contributed by atoms with Gasteiger partial charge in [-0.3, -0.25) is 0 Å². The van der Waals surface area contributed by atoms with Crippen molar-refractivity contribution in [2.24, 2.45) is 0 Å². The van der Waals surface area contributed by atoms with Crippen molar-refractivity contribution in [1.29, 1.82) is 0 Å². The second kappa shape index (κ2) is 14.2. The Morgan fingerprint density at radius 3 is 1.70 bits per heavy atom. The Kier molecular flexibility index (Phi) is 8.01. The second-order valence-corrected chi connectivity index (χ2v) is 16.8. The maximum atomic E-state index is 3.99. The average molecular weight is 801 g/mol. The molecule has 0 amide bonds. The topological polar surface area (TPSA) is 17.0 Å². The molecule has 12 aromatic rings. The van der Waals surface area contributed by atoms with Gasteiger partial charge in [0.05, 0.1) is 17.1 Å². The highest BCUT2D eigenvalue weighted by Crippen LogP contribution is 2.47. The number of dihydropyridines is 1. The van der Waals surface area contributed by atoms with Gasteiger partial charge in [0.1, 0.15) is 0 Å². The predicted octanol–water partition coefficient (Wildman–Crippen LogP) is 16.0. The van der Waals surface area contributed by atoms with Crippen LogP contribution in [-0.2, 0) is 0 Å². The molecule has 1 N–H and O–H groups in total. The van der Waals surface area contributed by atoms with Crippen molar-refractivity contribution < 1.29 is 0 Å². The van der Waals surface area contributed by atoms with Gasteiger partial charge < -0.3 is 9.88 Å². The molecule has 0 radical (unpaired) electrons. The Bertz CT molecular complexity index is 3860. The minimum Gasteiger partial charge on any atom is -0.374 e. The van der Waals surface area contributed by atoms with Gasteiger partial charge in [-0.05, 0) is 107 Å². The van der Waals surface area contributed by atoms with E-state index < -0.39 is 0 Å². The maximum Gasteiger partial charge on any atom is 0.0707 e. The number of para-hydroxylation sites is 2. The number of nitrogens with one attached hydrogen (secondary N) is 1. The van der Waals surface area contributed by atoms with Crippen LogP contribution in [0.15, 0.2) is 231 Å². The van der Waals surface area contributed by atoms with Gasteiger partial charge in [0.15, 0.2) is 0 Å². The summed E-state index contributed by atoms with van der Waals surface area (Å²) >= 11 is 0. The number of fused-ring (bicyclic) bond motifs is 12. The zero-order valence-electron chi connectivity index (χ0n) is 34.5. The molecule has 1 aliphatic rings. The van der Waals surface area contributed by atoms with E-state index >= 15 is 0 Å². The van der Waals surface area contributed by atoms with Crippen LogP contribution in [0.25, 0.3) is 104 Å². The minimum atomic E-state index is -0.0421. The summed E-state index contributed by atoms with van der Waals surface area (Å²) in [6.07, 6.45) is 4.74. The van der Waals surface area contributed by atoms with E-state index in [9.17, 15) is 0 Å². The molecule has 2 heteroatoms. The van der Waals surface area contributed by atoms with Gasteiger partial charge in [0.25, 0.3) is 0 Å². The molecule has 13 rings (SSSR count). The third-order valence-corrected chi connectivity index (χ3v) is 13.4. The second-order valence-electron chi connectivity index (χ2n) is 16.8. The fraction of sp³-hybridized carbons (Fsp3) is 0.0164. The SMILES string of the molecule is C1=C(c2cccc3ccccc23)C=C(c2cccc3ccccc23)NC1c1ccc(-c2cc3c4ccccc4c4c(c5ccccc5n4-c4ccccc4)c3c3ccccc23)cc1. The quantitative estimate of drug-likeness (QED) is 0.172. The molecular weight excluding hydrogens is 761 g/mol. The summed E-state index contributed by atoms with van der Waals surface area (Å²) < 4.78 is 2.47. The maximum absolute atomic E-state index is 3.99. The summed E-state index contributed by atoms with van der Waals surface area (Å²) in [5.74, 6) is 0. The third-order valence-electron chi connectivity index (χ3n) is 13.4. The molecule has 2 heterocycles. The van der Waals surface area contributed by atoms with E-state index in [1.54, 1.807) is 0 Å². The lowest BCUT2D eigenvalue weighted by atomic mass is 9.87. The first-order chi connectivity index (χ1) is 31.3. The number of aromatic nitrogens is 1. The van der Waals surface area contributed by atoms with E-state index in [4.69, 9.17) is 0 Å². The molecule has 0 saturated carbocycles. The first-order valence-corrected chi connectivity index (χ1v) is 21.9. The minimum absolute atomic E-state index is 0.0421. The summed E-state index contributed by atoms with van der Waals surface area (Å²) in [6, 6.07) is 80.1. The number of hydrogen-bond acceptors (Lipinski definition) is 1. The fourth-order valence-corrected chi connectivity index (χ4v) is 10.6. The number of rotatable bonds is 5. The highest BCUT2D eigenvalue weighted by Gasteiger charge is 2.23. The van der Waals surface area contributed by atoms with Crippen LogP contribution in [-0.4, -0.2) is 4.57 Å². The van der Waals surface area contributed by atoms with E-state index in [1.807, 2.05) is 0 Å². The molecule has 0 aliphatic carbocycles. The molecule has 0 saturated heterocycles. The van der Waals surface area contributed by atoms with Gasteiger partial charge >= 0.3 is 0 Å². The molecule has 2 nitrogen and oxygen atoms in total. The summed E-state index contributed by atoms with van der Waals surface area (Å²) in [4.78, 5) is 0. The number of nitrogens with zero attached hydrogens (tertiary/aromatic N) is 1. The van der Waals surface area contributed by atoms with Crippen LogP contribution in [0.3, 0.4) is 0 Å². The number of allylic oxidation sites excluding steroid dienone is 2. The standard InChI is InChI=1S/C61H40N2/c1-2-20-44(21-3-1)63-58-31-13-12-28-53(58)60-59-51-26-10-8-24-48(51)54(38-55(59)49-25-9-11-27-52(49)61(60)63)41-32-34-42(35-33-41)56-36-43(47-29-14-18-39-16-4-6-22-45(39)47)37-57(62-56)50-30-15-19-40-17-5-7-23-46(40)50/h1-38,56,62H. The normalized spacial score (nSPS) is 14.2. The van der Waals surface area contributed by atoms with Crippen LogP contribution in [0.4, 0.5) is 0 Å². The first-order valence-electron chi connectivity index (χ1n) is 21.9. The Labute approximate surface area is 365 Å². The van der Waals surface area contributed by atoms with Crippen molar-refractivity contribution in [1.82, 2.24) is 9.88 Å². The molecular formula is C61H40N2. The molecule has 0 bridgehead atoms. The van der Waals surface area contributed by atoms with Crippen molar-refractivity contribution >= 4 is 86.9 Å². The fourth-order valence-electron chi connectivity index (χ4n) is 10.6. The van der Waals surface area contributed by atoms with E-state index in [0.29, 0.717) is 0 Å². The van der Waals surface area contributed by atoms with Crippen LogP contribution in [0, 0.1) is 0 Å². The molecule has 1 aliphatic heterocycles. The third kappa shape index (κ3) is 5.58. The van der Waals surface area contributed by atoms with Crippen LogP contribution < -0.4 is 5.32 Å². The Balaban J connectivity index is 0.995. The van der Waals surface area contributed by atoms with Crippen molar-refractivity contribution in [2.75, 3.05) is 0 Å². The molecule has 63 heavy (non-hydrogen) atoms. The van der Waals surface area contributed by atoms with Crippen molar-refractivity contribution in [3.05, 3.63) is 247 Å². The van der Waals surface area contributed by atoms with Gasteiger partial charge in [-0.1, -0.05) is 194 Å². The van der Waals surface area contributed by atoms with E-state index in [1.165, 1.54) is 115 Å². The smallest absolute Gasteiger partial charge is 0.0707 e. The van der Waals surface area contributed by atoms with Gasteiger partial charge in [-0.2, -0.15) is 0 Å². The van der Waals surface area contributed by atoms with Gasteiger partial charge in [0.2, 0.25) is 0 Å². The van der Waals surface area contributed by atoms with E-state index in [-0.39, 0.29) is 6.04 Å². The van der Waals surface area contributed by atoms with Crippen LogP contribution in [0.1, 0.15) is 22.7 Å². The van der Waals surface area contributed by atoms with Crippen molar-refractivity contribution in [3.8, 4) is 16.8 Å². The molecule has 1 unspecified atom stereocenters. The number of benzene rings is 11. The van der Waals surface area contributed by atoms with Crippen LogP contribution >= 0.6 is 0 Å². The van der Waals surface area contributed by atoms with E-state index in [2.05, 4.69) is 240 Å². The van der Waals surface area contributed by atoms with Crippen LogP contribution in [0.2, 0.25) is 0 Å². The molecule has 11 aromatic carbocycles. The Morgan fingerprint density at radius 1 is 0.381 bits per heavy atom. The predicted molar refractivity (Wildman–Crippen MR) is 268 cm³/mol. The van der Waals surface area contributed by atoms with Gasteiger partial charge in [-0.15, -0.1) is 0 Å². The molecule has 0 spiro atoms. The van der Waals surface area contributed by atoms with Crippen LogP contribution in [0.5, 0.6) is 0 Å². The van der Waals surface area contributed by atoms with E-state index in [0.717, 1.165) is 5.70 Å². The van der Waals surface area contributed by atoms with Gasteiger partial charge in [0, 0.05) is 38.5 Å². The van der Waals surface area contributed by atoms with Crippen molar-refractivity contribution in [2.45, 2.75) is 6.04 Å². The summed E-state index contributed by atoms with van der Waals surface area (Å²) in [5, 5.41) is 19.1. The Morgan fingerprint density at radius 2 is 0.952 bits per heavy atom. The monoisotopic (exact) mass is 800 g/mol. The largest absolute Gasteiger partial charge is 0.374 e. The highest BCUT2D eigenvalue weighted by molar-refractivity contribution is 6.38. The summed E-state index contributed by atoms with van der Waals surface area (Å²) in [6.45, 7) is 0. The Hall–Kier alpha value is -8.20. The first kappa shape index (κ1) is 35.5. The molecule has 0 fully saturated rings. The number of hydrogen-bond donors (Lipinski definition) is 1. The summed E-state index contributed by atoms with van der Waals surface area (Å²) in [7, 11) is 0. The van der Waals surface area contributed by atoms with Crippen molar-refractivity contribution in [3.63, 3.8) is 0 Å². The lowest BCUT2D eigenvalue weighted by molar-refractivity contribution is 0.767. The molecule has 1 atom stereocenters. The lowest BCUT2D eigenvalue weighted by Crippen LogP contribution is -2.22. The zero-order valence-corrected chi connectivity index (χ0v) is 34.5. The molecule has 294 valence electrons. The lowest BCUT2D eigenvalue weighted by Gasteiger charge is -2.27. The highest BCUT2D eigenvalue weighted by atomic mass is 15.0. The molecule has 1 aromatic heterocycles. The average Bonchev–Trinajstić information content (AvgIpc) is 3.71. The van der Waals surface area contributed by atoms with Gasteiger partial charge in [-0.25, -0.2) is 0 Å². The summed E-state index contributed by atoms with van der Waals surface area (Å²) in [5.41, 5.74) is 12.1. The zero-order chi connectivity index (χ0) is 41.4.